The highest BCUT2D eigenvalue weighted by molar-refractivity contribution is 6.04. The Kier molecular flexibility index (Phi) is 4.54. The normalized spacial score (nSPS) is 17.4. The largest absolute Gasteiger partial charge is 0.361 e. The Morgan fingerprint density at radius 3 is 2.65 bits per heavy atom. The monoisotopic (exact) mass is 348 g/mol. The van der Waals surface area contributed by atoms with E-state index in [2.05, 4.69) is 17.1 Å². The van der Waals surface area contributed by atoms with Crippen LogP contribution in [0.25, 0.3) is 10.9 Å². The molecule has 1 aliphatic rings. The van der Waals surface area contributed by atoms with E-state index >= 15 is 0 Å². The number of quaternary nitrogens is 1. The zero-order valence-electron chi connectivity index (χ0n) is 14.5. The Balaban J connectivity index is 1.35. The summed E-state index contributed by atoms with van der Waals surface area (Å²) in [7, 11) is 0. The van der Waals surface area contributed by atoms with Gasteiger partial charge in [-0.1, -0.05) is 48.5 Å². The SMILES string of the molecule is O=C1C[C@H]([NH2+]CCc2c[nH]c3ccccc23)C(=O)N1Cc1ccccc1. The van der Waals surface area contributed by atoms with Gasteiger partial charge in [0.15, 0.2) is 6.04 Å². The molecule has 3 aromatic rings. The van der Waals surface area contributed by atoms with Gasteiger partial charge in [0.1, 0.15) is 0 Å². The molecular formula is C21H22N3O2+. The van der Waals surface area contributed by atoms with E-state index in [9.17, 15) is 9.59 Å². The molecule has 0 bridgehead atoms. The molecule has 0 radical (unpaired) electrons. The van der Waals surface area contributed by atoms with Crippen LogP contribution < -0.4 is 5.32 Å². The molecule has 0 saturated carbocycles. The van der Waals surface area contributed by atoms with Crippen LogP contribution in [0.1, 0.15) is 17.5 Å². The maximum Gasteiger partial charge on any atom is 0.288 e. The molecule has 0 spiro atoms. The first-order chi connectivity index (χ1) is 12.7. The quantitative estimate of drug-likeness (QED) is 0.665. The van der Waals surface area contributed by atoms with Gasteiger partial charge in [0.2, 0.25) is 5.91 Å². The van der Waals surface area contributed by atoms with Crippen molar-refractivity contribution in [1.82, 2.24) is 9.88 Å². The van der Waals surface area contributed by atoms with Gasteiger partial charge in [0.25, 0.3) is 5.91 Å². The van der Waals surface area contributed by atoms with Gasteiger partial charge in [-0.3, -0.25) is 14.5 Å². The number of nitrogens with zero attached hydrogens (tertiary/aromatic N) is 1. The average molecular weight is 348 g/mol. The maximum atomic E-state index is 12.6. The van der Waals surface area contributed by atoms with Crippen LogP contribution in [0.5, 0.6) is 0 Å². The smallest absolute Gasteiger partial charge is 0.288 e. The first kappa shape index (κ1) is 16.5. The molecule has 1 atom stereocenters. The number of hydrogen-bond donors (Lipinski definition) is 2. The number of amides is 2. The van der Waals surface area contributed by atoms with Crippen LogP contribution in [0.2, 0.25) is 0 Å². The molecule has 26 heavy (non-hydrogen) atoms. The van der Waals surface area contributed by atoms with Gasteiger partial charge in [-0.15, -0.1) is 0 Å². The van der Waals surface area contributed by atoms with Crippen molar-refractivity contribution in [3.63, 3.8) is 0 Å². The van der Waals surface area contributed by atoms with Gasteiger partial charge >= 0.3 is 0 Å². The number of hydrogen-bond acceptors (Lipinski definition) is 2. The number of H-pyrrole nitrogens is 1. The molecule has 4 rings (SSSR count). The third kappa shape index (κ3) is 3.26. The van der Waals surface area contributed by atoms with E-state index in [1.165, 1.54) is 15.8 Å². The lowest BCUT2D eigenvalue weighted by Gasteiger charge is -2.14. The Labute approximate surface area is 152 Å². The maximum absolute atomic E-state index is 12.6. The first-order valence-electron chi connectivity index (χ1n) is 8.99. The Morgan fingerprint density at radius 2 is 1.81 bits per heavy atom. The van der Waals surface area contributed by atoms with Gasteiger partial charge in [-0.25, -0.2) is 0 Å². The van der Waals surface area contributed by atoms with Gasteiger partial charge in [-0.2, -0.15) is 0 Å². The van der Waals surface area contributed by atoms with Crippen molar-refractivity contribution in [2.45, 2.75) is 25.4 Å². The number of rotatable bonds is 6. The number of aromatic nitrogens is 1. The van der Waals surface area contributed by atoms with Crippen LogP contribution in [0.15, 0.2) is 60.8 Å². The summed E-state index contributed by atoms with van der Waals surface area (Å²) >= 11 is 0. The molecule has 0 aliphatic carbocycles. The van der Waals surface area contributed by atoms with Crippen LogP contribution >= 0.6 is 0 Å². The highest BCUT2D eigenvalue weighted by Gasteiger charge is 2.40. The van der Waals surface area contributed by atoms with Crippen molar-refractivity contribution in [1.29, 1.82) is 0 Å². The second-order valence-electron chi connectivity index (χ2n) is 6.75. The van der Waals surface area contributed by atoms with Crippen LogP contribution in [0, 0.1) is 0 Å². The zero-order chi connectivity index (χ0) is 17.9. The second-order valence-corrected chi connectivity index (χ2v) is 6.75. The van der Waals surface area contributed by atoms with Crippen molar-refractivity contribution < 1.29 is 14.9 Å². The number of imide groups is 1. The molecule has 0 unspecified atom stereocenters. The fourth-order valence-corrected chi connectivity index (χ4v) is 3.60. The molecule has 1 aromatic heterocycles. The van der Waals surface area contributed by atoms with Crippen LogP contribution in [0.3, 0.4) is 0 Å². The summed E-state index contributed by atoms with van der Waals surface area (Å²) in [5, 5.41) is 3.23. The minimum Gasteiger partial charge on any atom is -0.361 e. The number of carbonyl (C=O) groups is 2. The van der Waals surface area contributed by atoms with Crippen molar-refractivity contribution >= 4 is 22.7 Å². The lowest BCUT2D eigenvalue weighted by molar-refractivity contribution is -0.674. The fourth-order valence-electron chi connectivity index (χ4n) is 3.60. The molecule has 3 N–H and O–H groups in total. The third-order valence-corrected chi connectivity index (χ3v) is 5.00. The van der Waals surface area contributed by atoms with Crippen LogP contribution in [0.4, 0.5) is 0 Å². The van der Waals surface area contributed by atoms with E-state index in [1.54, 1.807) is 0 Å². The standard InChI is InChI=1S/C21H21N3O2/c25-20-12-19(21(26)24(20)14-15-6-2-1-3-7-15)22-11-10-16-13-23-18-9-5-4-8-17(16)18/h1-9,13,19,22-23H,10-12,14H2/p+1/t19-/m0/s1. The predicted octanol–water partition coefficient (Wildman–Crippen LogP) is 1.60. The van der Waals surface area contributed by atoms with E-state index in [0.29, 0.717) is 13.0 Å². The van der Waals surface area contributed by atoms with E-state index < -0.39 is 0 Å². The van der Waals surface area contributed by atoms with Gasteiger partial charge in [0, 0.05) is 23.5 Å². The van der Waals surface area contributed by atoms with Crippen molar-refractivity contribution in [3.05, 3.63) is 71.9 Å². The van der Waals surface area contributed by atoms with Crippen LogP contribution in [-0.2, 0) is 22.6 Å². The molecule has 132 valence electrons. The van der Waals surface area contributed by atoms with E-state index in [-0.39, 0.29) is 17.9 Å². The minimum atomic E-state index is -0.295. The lowest BCUT2D eigenvalue weighted by Crippen LogP contribution is -2.91. The van der Waals surface area contributed by atoms with Gasteiger partial charge in [-0.05, 0) is 17.2 Å². The summed E-state index contributed by atoms with van der Waals surface area (Å²) in [6, 6.07) is 17.6. The number of benzene rings is 2. The number of para-hydroxylation sites is 1. The second kappa shape index (κ2) is 7.14. The summed E-state index contributed by atoms with van der Waals surface area (Å²) in [5.74, 6) is -0.148. The molecular weight excluding hydrogens is 326 g/mol. The molecule has 5 nitrogen and oxygen atoms in total. The van der Waals surface area contributed by atoms with Gasteiger partial charge < -0.3 is 10.3 Å². The molecule has 1 aliphatic heterocycles. The summed E-state index contributed by atoms with van der Waals surface area (Å²) < 4.78 is 0. The summed E-state index contributed by atoms with van der Waals surface area (Å²) in [6.45, 7) is 1.15. The number of nitrogens with two attached hydrogens (primary N) is 1. The lowest BCUT2D eigenvalue weighted by atomic mass is 10.1. The Morgan fingerprint density at radius 1 is 1.04 bits per heavy atom. The molecule has 1 fully saturated rings. The predicted molar refractivity (Wildman–Crippen MR) is 99.2 cm³/mol. The highest BCUT2D eigenvalue weighted by atomic mass is 16.2. The third-order valence-electron chi connectivity index (χ3n) is 5.00. The molecule has 5 heteroatoms. The number of aromatic amines is 1. The molecule has 2 aromatic carbocycles. The fraction of sp³-hybridized carbons (Fsp3) is 0.238. The van der Waals surface area contributed by atoms with E-state index in [1.807, 2.05) is 54.0 Å². The Hall–Kier alpha value is -2.92. The van der Waals surface area contributed by atoms with Crippen LogP contribution in [-0.4, -0.2) is 34.3 Å². The molecule has 2 amide bonds. The van der Waals surface area contributed by atoms with Gasteiger partial charge in [0.05, 0.1) is 19.5 Å². The Bertz CT molecular complexity index is 933. The van der Waals surface area contributed by atoms with Crippen molar-refractivity contribution in [2.24, 2.45) is 0 Å². The van der Waals surface area contributed by atoms with Crippen molar-refractivity contribution in [3.8, 4) is 0 Å². The summed E-state index contributed by atoms with van der Waals surface area (Å²) in [6.07, 6.45) is 3.18. The van der Waals surface area contributed by atoms with Crippen molar-refractivity contribution in [2.75, 3.05) is 6.54 Å². The zero-order valence-corrected chi connectivity index (χ0v) is 14.5. The summed E-state index contributed by atoms with van der Waals surface area (Å²) in [4.78, 5) is 29.5. The highest BCUT2D eigenvalue weighted by Crippen LogP contribution is 2.18. The number of likely N-dealkylation sites (tertiary alicyclic amines) is 1. The topological polar surface area (TPSA) is 69.8 Å². The number of nitrogens with one attached hydrogen (secondary N) is 1. The van der Waals surface area contributed by atoms with E-state index in [4.69, 9.17) is 0 Å². The minimum absolute atomic E-state index is 0.0715. The number of carbonyl (C=O) groups excluding carboxylic acids is 2. The summed E-state index contributed by atoms with van der Waals surface area (Å²) in [5.41, 5.74) is 3.35. The first-order valence-corrected chi connectivity index (χ1v) is 8.99. The molecule has 1 saturated heterocycles. The molecule has 2 heterocycles. The van der Waals surface area contributed by atoms with E-state index in [0.717, 1.165) is 24.0 Å². The average Bonchev–Trinajstić information content (AvgIpc) is 3.19. The number of fused-ring (bicyclic) bond motifs is 1.